The molecule has 1 nitrogen and oxygen atoms in total. The van der Waals surface area contributed by atoms with Crippen molar-refractivity contribution in [2.24, 2.45) is 7.05 Å². The molecule has 134 valence electrons. The van der Waals surface area contributed by atoms with Crippen molar-refractivity contribution in [1.82, 2.24) is 4.57 Å². The molecule has 0 saturated heterocycles. The minimum atomic E-state index is 0.763. The predicted octanol–water partition coefficient (Wildman–Crippen LogP) is 7.75. The van der Waals surface area contributed by atoms with Gasteiger partial charge in [-0.15, -0.1) is 11.3 Å². The van der Waals surface area contributed by atoms with Crippen molar-refractivity contribution < 1.29 is 0 Å². The number of thiophene rings is 1. The summed E-state index contributed by atoms with van der Waals surface area (Å²) in [5, 5.41) is 5.60. The first-order valence-corrected chi connectivity index (χ1v) is 11.0. The molecule has 0 N–H and O–H groups in total. The Morgan fingerprint density at radius 1 is 0.815 bits per heavy atom. The summed E-state index contributed by atoms with van der Waals surface area (Å²) >= 11 is 1.96. The normalized spacial score (nSPS) is 16.2. The predicted molar refractivity (Wildman–Crippen MR) is 119 cm³/mol. The van der Waals surface area contributed by atoms with E-state index >= 15 is 0 Å². The fourth-order valence-corrected chi connectivity index (χ4v) is 6.46. The zero-order chi connectivity index (χ0) is 18.0. The van der Waals surface area contributed by atoms with Crippen LogP contribution in [-0.2, 0) is 7.05 Å². The fraction of sp³-hybridized carbons (Fsp3) is 0.280. The minimum Gasteiger partial charge on any atom is -0.342 e. The van der Waals surface area contributed by atoms with Crippen LogP contribution in [0.2, 0.25) is 0 Å². The van der Waals surface area contributed by atoms with E-state index in [1.165, 1.54) is 74.1 Å². The number of para-hydroxylation sites is 1. The molecule has 2 heterocycles. The molecule has 1 aliphatic carbocycles. The summed E-state index contributed by atoms with van der Waals surface area (Å²) < 4.78 is 5.23. The van der Waals surface area contributed by atoms with Crippen molar-refractivity contribution in [3.05, 3.63) is 60.2 Å². The number of rotatable bonds is 1. The Labute approximate surface area is 163 Å². The lowest BCUT2D eigenvalue weighted by molar-refractivity contribution is 0.444. The number of benzene rings is 3. The van der Waals surface area contributed by atoms with E-state index in [1.807, 2.05) is 11.3 Å². The van der Waals surface area contributed by atoms with Crippen LogP contribution in [0.15, 0.2) is 54.6 Å². The third kappa shape index (κ3) is 2.23. The van der Waals surface area contributed by atoms with E-state index in [2.05, 4.69) is 66.2 Å². The fourth-order valence-electron chi connectivity index (χ4n) is 5.20. The van der Waals surface area contributed by atoms with Gasteiger partial charge in [0.2, 0.25) is 0 Å². The summed E-state index contributed by atoms with van der Waals surface area (Å²) in [5.74, 6) is 0.763. The average molecular weight is 370 g/mol. The smallest absolute Gasteiger partial charge is 0.0670 e. The Morgan fingerprint density at radius 2 is 1.63 bits per heavy atom. The van der Waals surface area contributed by atoms with Gasteiger partial charge in [0.25, 0.3) is 0 Å². The van der Waals surface area contributed by atoms with Crippen LogP contribution in [-0.4, -0.2) is 4.57 Å². The Hall–Kier alpha value is -2.32. The van der Waals surface area contributed by atoms with Gasteiger partial charge in [0.15, 0.2) is 0 Å². The first-order valence-electron chi connectivity index (χ1n) is 10.1. The first-order chi connectivity index (χ1) is 13.3. The van der Waals surface area contributed by atoms with E-state index in [1.54, 1.807) is 5.56 Å². The average Bonchev–Trinajstić information content (AvgIpc) is 3.24. The maximum atomic E-state index is 2.50. The summed E-state index contributed by atoms with van der Waals surface area (Å²) in [6.45, 7) is 0. The topological polar surface area (TPSA) is 4.93 Å². The van der Waals surface area contributed by atoms with Gasteiger partial charge in [0.05, 0.1) is 10.2 Å². The summed E-state index contributed by atoms with van der Waals surface area (Å²) in [7, 11) is 2.21. The monoisotopic (exact) mass is 369 g/mol. The van der Waals surface area contributed by atoms with Crippen LogP contribution in [0.3, 0.4) is 0 Å². The summed E-state index contributed by atoms with van der Waals surface area (Å²) in [6, 6.07) is 20.7. The van der Waals surface area contributed by atoms with Crippen LogP contribution in [0.1, 0.15) is 43.6 Å². The molecule has 1 aliphatic rings. The van der Waals surface area contributed by atoms with Crippen LogP contribution < -0.4 is 0 Å². The third-order valence-electron chi connectivity index (χ3n) is 6.60. The number of hydrogen-bond donors (Lipinski definition) is 0. The third-order valence-corrected chi connectivity index (χ3v) is 7.80. The number of hydrogen-bond acceptors (Lipinski definition) is 1. The van der Waals surface area contributed by atoms with Crippen molar-refractivity contribution in [1.29, 1.82) is 0 Å². The molecule has 2 aromatic heterocycles. The number of fused-ring (bicyclic) bond motifs is 7. The second-order valence-corrected chi connectivity index (χ2v) is 9.16. The zero-order valence-electron chi connectivity index (χ0n) is 15.7. The molecule has 6 rings (SSSR count). The van der Waals surface area contributed by atoms with E-state index in [0.29, 0.717) is 0 Å². The van der Waals surface area contributed by atoms with E-state index in [-0.39, 0.29) is 0 Å². The van der Waals surface area contributed by atoms with Gasteiger partial charge in [-0.05, 0) is 42.5 Å². The highest BCUT2D eigenvalue weighted by molar-refractivity contribution is 7.26. The molecular weight excluding hydrogens is 346 g/mol. The lowest BCUT2D eigenvalue weighted by Crippen LogP contribution is -2.03. The highest BCUT2D eigenvalue weighted by Crippen LogP contribution is 2.43. The molecule has 0 amide bonds. The number of aromatic nitrogens is 1. The molecule has 0 aliphatic heterocycles. The minimum absolute atomic E-state index is 0.763. The summed E-state index contributed by atoms with van der Waals surface area (Å²) in [4.78, 5) is 0. The van der Waals surface area contributed by atoms with Gasteiger partial charge in [-0.25, -0.2) is 0 Å². The molecule has 0 bridgehead atoms. The molecule has 0 spiro atoms. The number of aryl methyl sites for hydroxylation is 1. The molecule has 2 heteroatoms. The Balaban J connectivity index is 1.65. The highest BCUT2D eigenvalue weighted by Gasteiger charge is 2.18. The molecule has 0 radical (unpaired) electrons. The van der Waals surface area contributed by atoms with E-state index in [9.17, 15) is 0 Å². The van der Waals surface area contributed by atoms with Gasteiger partial charge in [-0.2, -0.15) is 0 Å². The Morgan fingerprint density at radius 3 is 2.52 bits per heavy atom. The zero-order valence-corrected chi connectivity index (χ0v) is 16.5. The lowest BCUT2D eigenvalue weighted by Gasteiger charge is -2.22. The largest absolute Gasteiger partial charge is 0.342 e. The van der Waals surface area contributed by atoms with Crippen molar-refractivity contribution in [3.8, 4) is 0 Å². The highest BCUT2D eigenvalue weighted by atomic mass is 32.1. The van der Waals surface area contributed by atoms with Crippen molar-refractivity contribution in [2.45, 2.75) is 38.0 Å². The molecular formula is C25H23NS. The second kappa shape index (κ2) is 5.84. The van der Waals surface area contributed by atoms with Gasteiger partial charge < -0.3 is 4.57 Å². The summed E-state index contributed by atoms with van der Waals surface area (Å²) in [5.41, 5.74) is 4.26. The van der Waals surface area contributed by atoms with E-state index in [4.69, 9.17) is 0 Å². The van der Waals surface area contributed by atoms with E-state index in [0.717, 1.165) is 5.92 Å². The van der Waals surface area contributed by atoms with Gasteiger partial charge in [-0.3, -0.25) is 0 Å². The molecule has 0 unspecified atom stereocenters. The van der Waals surface area contributed by atoms with Gasteiger partial charge in [-0.1, -0.05) is 55.7 Å². The molecule has 1 fully saturated rings. The van der Waals surface area contributed by atoms with Gasteiger partial charge in [0, 0.05) is 38.8 Å². The van der Waals surface area contributed by atoms with Crippen LogP contribution in [0.4, 0.5) is 0 Å². The van der Waals surface area contributed by atoms with Crippen LogP contribution in [0.5, 0.6) is 0 Å². The van der Waals surface area contributed by atoms with Crippen molar-refractivity contribution in [2.75, 3.05) is 0 Å². The quantitative estimate of drug-likeness (QED) is 0.285. The maximum absolute atomic E-state index is 2.50. The SMILES string of the molecule is Cn1c2ccccc2c2ccc3c4cc(C5CCCCC5)ccc4sc3c21. The standard InChI is InChI=1S/C25H23NS/c1-26-22-10-6-5-9-18(22)19-12-13-20-21-15-17(16-7-3-2-4-8-16)11-14-23(21)27-25(20)24(19)26/h5-6,9-16H,2-4,7-8H2,1H3. The Kier molecular flexibility index (Phi) is 3.40. The second-order valence-electron chi connectivity index (χ2n) is 8.11. The number of nitrogens with zero attached hydrogens (tertiary/aromatic N) is 1. The van der Waals surface area contributed by atoms with Crippen LogP contribution in [0, 0.1) is 0 Å². The molecule has 3 aromatic carbocycles. The molecule has 1 saturated carbocycles. The first kappa shape index (κ1) is 15.7. The van der Waals surface area contributed by atoms with Crippen molar-refractivity contribution >= 4 is 53.3 Å². The Bertz CT molecular complexity index is 1310. The van der Waals surface area contributed by atoms with Crippen LogP contribution in [0.25, 0.3) is 42.0 Å². The lowest BCUT2D eigenvalue weighted by atomic mass is 9.84. The van der Waals surface area contributed by atoms with E-state index < -0.39 is 0 Å². The van der Waals surface area contributed by atoms with Gasteiger partial charge in [0.1, 0.15) is 0 Å². The molecule has 27 heavy (non-hydrogen) atoms. The molecule has 5 aromatic rings. The van der Waals surface area contributed by atoms with Crippen molar-refractivity contribution in [3.63, 3.8) is 0 Å². The van der Waals surface area contributed by atoms with Gasteiger partial charge >= 0.3 is 0 Å². The molecule has 0 atom stereocenters. The summed E-state index contributed by atoms with van der Waals surface area (Å²) in [6.07, 6.45) is 6.93. The maximum Gasteiger partial charge on any atom is 0.0670 e. The van der Waals surface area contributed by atoms with Crippen LogP contribution >= 0.6 is 11.3 Å².